The van der Waals surface area contributed by atoms with E-state index in [-0.39, 0.29) is 23.5 Å². The Bertz CT molecular complexity index is 715. The Kier molecular flexibility index (Phi) is 5.96. The maximum atomic E-state index is 12.5. The Morgan fingerprint density at radius 2 is 2.04 bits per heavy atom. The van der Waals surface area contributed by atoms with Crippen LogP contribution in [0.25, 0.3) is 0 Å². The van der Waals surface area contributed by atoms with Gasteiger partial charge in [-0.2, -0.15) is 0 Å². The van der Waals surface area contributed by atoms with Crippen molar-refractivity contribution in [3.05, 3.63) is 34.2 Å². The van der Waals surface area contributed by atoms with E-state index in [9.17, 15) is 14.4 Å². The minimum Gasteiger partial charge on any atom is -0.469 e. The fourth-order valence-corrected chi connectivity index (χ4v) is 4.04. The highest BCUT2D eigenvalue weighted by Gasteiger charge is 2.36. The van der Waals surface area contributed by atoms with Crippen molar-refractivity contribution in [1.29, 1.82) is 0 Å². The first-order valence-electron chi connectivity index (χ1n) is 9.38. The number of fused-ring (bicyclic) bond motifs is 4. The zero-order chi connectivity index (χ0) is 18.5. The number of ether oxygens (including phenoxy) is 1. The maximum Gasteiger partial charge on any atom is 0.317 e. The Labute approximate surface area is 153 Å². The Balaban J connectivity index is 1.46. The van der Waals surface area contributed by atoms with Crippen LogP contribution < -0.4 is 10.9 Å². The van der Waals surface area contributed by atoms with Gasteiger partial charge in [0, 0.05) is 50.3 Å². The molecule has 3 heterocycles. The third kappa shape index (κ3) is 4.26. The van der Waals surface area contributed by atoms with Gasteiger partial charge in [-0.3, -0.25) is 9.59 Å². The van der Waals surface area contributed by atoms with Gasteiger partial charge >= 0.3 is 12.0 Å². The molecule has 2 atom stereocenters. The third-order valence-electron chi connectivity index (χ3n) is 5.33. The molecule has 1 aromatic rings. The molecule has 7 heteroatoms. The number of carbonyl (C=O) groups is 2. The van der Waals surface area contributed by atoms with Crippen LogP contribution in [-0.2, 0) is 16.1 Å². The minimum atomic E-state index is -0.187. The lowest BCUT2D eigenvalue weighted by Crippen LogP contribution is -2.52. The SMILES string of the molecule is COC(=O)CCCCCNC(=O)N1CC2CC(C1)c1cccc(=O)n1C2. The summed E-state index contributed by atoms with van der Waals surface area (Å²) in [7, 11) is 1.39. The molecule has 1 saturated heterocycles. The number of unbranched alkanes of at least 4 members (excludes halogenated alkanes) is 2. The number of nitrogens with one attached hydrogen (secondary N) is 1. The van der Waals surface area contributed by atoms with Crippen LogP contribution in [0.3, 0.4) is 0 Å². The Hall–Kier alpha value is -2.31. The van der Waals surface area contributed by atoms with E-state index in [1.807, 2.05) is 21.6 Å². The van der Waals surface area contributed by atoms with Gasteiger partial charge in [-0.1, -0.05) is 12.5 Å². The number of nitrogens with zero attached hydrogens (tertiary/aromatic N) is 2. The number of aromatic nitrogens is 1. The van der Waals surface area contributed by atoms with Crippen LogP contribution in [0.2, 0.25) is 0 Å². The molecule has 1 aromatic heterocycles. The molecule has 26 heavy (non-hydrogen) atoms. The summed E-state index contributed by atoms with van der Waals surface area (Å²) in [5.74, 6) is 0.391. The number of amides is 2. The molecule has 0 saturated carbocycles. The highest BCUT2D eigenvalue weighted by atomic mass is 16.5. The summed E-state index contributed by atoms with van der Waals surface area (Å²) in [6.45, 7) is 2.67. The zero-order valence-electron chi connectivity index (χ0n) is 15.3. The summed E-state index contributed by atoms with van der Waals surface area (Å²) in [6.07, 6.45) is 3.99. The summed E-state index contributed by atoms with van der Waals surface area (Å²) >= 11 is 0. The standard InChI is InChI=1S/C19H27N3O4/c1-26-18(24)8-3-2-4-9-20-19(25)21-11-14-10-15(13-21)16-6-5-7-17(23)22(16)12-14/h5-7,14-15H,2-4,8-13H2,1H3,(H,20,25). The highest BCUT2D eigenvalue weighted by molar-refractivity contribution is 5.74. The molecule has 0 radical (unpaired) electrons. The monoisotopic (exact) mass is 361 g/mol. The first-order chi connectivity index (χ1) is 12.6. The molecule has 2 amide bonds. The lowest BCUT2D eigenvalue weighted by molar-refractivity contribution is -0.140. The van der Waals surface area contributed by atoms with Crippen LogP contribution in [0.1, 0.15) is 43.7 Å². The maximum absolute atomic E-state index is 12.5. The molecule has 0 aromatic carbocycles. The van der Waals surface area contributed by atoms with Gasteiger partial charge in [0.15, 0.2) is 0 Å². The molecule has 142 valence electrons. The van der Waals surface area contributed by atoms with Crippen molar-refractivity contribution in [2.45, 2.75) is 44.6 Å². The molecule has 1 N–H and O–H groups in total. The van der Waals surface area contributed by atoms with Gasteiger partial charge in [0.1, 0.15) is 0 Å². The lowest BCUT2D eigenvalue weighted by atomic mass is 9.83. The number of pyridine rings is 1. The third-order valence-corrected chi connectivity index (χ3v) is 5.33. The quantitative estimate of drug-likeness (QED) is 0.618. The van der Waals surface area contributed by atoms with Crippen LogP contribution in [0.5, 0.6) is 0 Å². The summed E-state index contributed by atoms with van der Waals surface area (Å²) < 4.78 is 6.48. The number of hydrogen-bond donors (Lipinski definition) is 1. The molecule has 2 bridgehead atoms. The van der Waals surface area contributed by atoms with E-state index in [4.69, 9.17) is 0 Å². The van der Waals surface area contributed by atoms with E-state index in [0.717, 1.165) is 31.4 Å². The Morgan fingerprint density at radius 1 is 1.19 bits per heavy atom. The molecule has 2 aliphatic rings. The number of likely N-dealkylation sites (tertiary alicyclic amines) is 1. The van der Waals surface area contributed by atoms with E-state index in [0.29, 0.717) is 38.5 Å². The highest BCUT2D eigenvalue weighted by Crippen LogP contribution is 2.34. The summed E-state index contributed by atoms with van der Waals surface area (Å²) in [5, 5.41) is 2.98. The second-order valence-corrected chi connectivity index (χ2v) is 7.22. The molecule has 3 rings (SSSR count). The van der Waals surface area contributed by atoms with Crippen molar-refractivity contribution >= 4 is 12.0 Å². The smallest absolute Gasteiger partial charge is 0.317 e. The molecular weight excluding hydrogens is 334 g/mol. The first-order valence-corrected chi connectivity index (χ1v) is 9.38. The number of hydrogen-bond acceptors (Lipinski definition) is 4. The van der Waals surface area contributed by atoms with Crippen LogP contribution >= 0.6 is 0 Å². The van der Waals surface area contributed by atoms with Gasteiger partial charge in [0.2, 0.25) is 0 Å². The van der Waals surface area contributed by atoms with Gasteiger partial charge in [0.05, 0.1) is 7.11 Å². The second kappa shape index (κ2) is 8.38. The van der Waals surface area contributed by atoms with Crippen LogP contribution in [-0.4, -0.2) is 48.2 Å². The number of carbonyl (C=O) groups excluding carboxylic acids is 2. The van der Waals surface area contributed by atoms with Crippen LogP contribution in [0, 0.1) is 5.92 Å². The summed E-state index contributed by atoms with van der Waals surface area (Å²) in [4.78, 5) is 37.4. The molecule has 2 aliphatic heterocycles. The van der Waals surface area contributed by atoms with Crippen molar-refractivity contribution in [2.24, 2.45) is 5.92 Å². The van der Waals surface area contributed by atoms with Crippen molar-refractivity contribution in [3.8, 4) is 0 Å². The largest absolute Gasteiger partial charge is 0.469 e. The predicted octanol–water partition coefficient (Wildman–Crippen LogP) is 1.71. The van der Waals surface area contributed by atoms with E-state index >= 15 is 0 Å². The number of urea groups is 1. The molecule has 7 nitrogen and oxygen atoms in total. The fraction of sp³-hybridized carbons (Fsp3) is 0.632. The molecule has 1 fully saturated rings. The van der Waals surface area contributed by atoms with Gasteiger partial charge in [-0.25, -0.2) is 4.79 Å². The number of methoxy groups -OCH3 is 1. The van der Waals surface area contributed by atoms with Crippen molar-refractivity contribution < 1.29 is 14.3 Å². The minimum absolute atomic E-state index is 0.0283. The van der Waals surface area contributed by atoms with Gasteiger partial charge < -0.3 is 19.5 Å². The van der Waals surface area contributed by atoms with Gasteiger partial charge in [-0.15, -0.1) is 0 Å². The van der Waals surface area contributed by atoms with Crippen LogP contribution in [0.4, 0.5) is 4.79 Å². The topological polar surface area (TPSA) is 80.6 Å². The first kappa shape index (κ1) is 18.5. The van der Waals surface area contributed by atoms with Crippen molar-refractivity contribution in [2.75, 3.05) is 26.7 Å². The van der Waals surface area contributed by atoms with Crippen LogP contribution in [0.15, 0.2) is 23.0 Å². The van der Waals surface area contributed by atoms with E-state index in [2.05, 4.69) is 10.1 Å². The second-order valence-electron chi connectivity index (χ2n) is 7.22. The summed E-state index contributed by atoms with van der Waals surface area (Å²) in [6, 6.07) is 5.39. The molecule has 2 unspecified atom stereocenters. The van der Waals surface area contributed by atoms with Crippen molar-refractivity contribution in [1.82, 2.24) is 14.8 Å². The number of piperidine rings is 1. The Morgan fingerprint density at radius 3 is 2.85 bits per heavy atom. The predicted molar refractivity (Wildman–Crippen MR) is 97.0 cm³/mol. The average Bonchev–Trinajstić information content (AvgIpc) is 2.64. The molecular formula is C19H27N3O4. The lowest BCUT2D eigenvalue weighted by Gasteiger charge is -2.42. The van der Waals surface area contributed by atoms with Gasteiger partial charge in [0.25, 0.3) is 5.56 Å². The molecule has 0 spiro atoms. The van der Waals surface area contributed by atoms with E-state index in [1.54, 1.807) is 6.07 Å². The van der Waals surface area contributed by atoms with E-state index < -0.39 is 0 Å². The number of esters is 1. The summed E-state index contributed by atoms with van der Waals surface area (Å²) in [5.41, 5.74) is 1.11. The zero-order valence-corrected chi connectivity index (χ0v) is 15.3. The van der Waals surface area contributed by atoms with Crippen molar-refractivity contribution in [3.63, 3.8) is 0 Å². The fourth-order valence-electron chi connectivity index (χ4n) is 4.04. The van der Waals surface area contributed by atoms with E-state index in [1.165, 1.54) is 7.11 Å². The average molecular weight is 361 g/mol. The molecule has 0 aliphatic carbocycles. The van der Waals surface area contributed by atoms with Gasteiger partial charge in [-0.05, 0) is 31.2 Å². The number of rotatable bonds is 6. The normalized spacial score (nSPS) is 21.0.